The molecule has 1 aromatic rings. The van der Waals surface area contributed by atoms with E-state index in [1.165, 1.54) is 0 Å². The van der Waals surface area contributed by atoms with Crippen molar-refractivity contribution >= 4 is 0 Å². The van der Waals surface area contributed by atoms with E-state index in [0.717, 1.165) is 5.56 Å². The lowest BCUT2D eigenvalue weighted by Gasteiger charge is -2.43. The van der Waals surface area contributed by atoms with Gasteiger partial charge in [-0.1, -0.05) is 30.3 Å². The van der Waals surface area contributed by atoms with Crippen molar-refractivity contribution in [2.75, 3.05) is 13.2 Å². The maximum Gasteiger partial charge on any atom is 0.221 e. The second-order valence-corrected chi connectivity index (χ2v) is 4.56. The summed E-state index contributed by atoms with van der Waals surface area (Å²) in [4.78, 5) is 0. The summed E-state index contributed by atoms with van der Waals surface area (Å²) in [6.45, 7) is -0.723. The van der Waals surface area contributed by atoms with Gasteiger partial charge in [-0.25, -0.2) is 0 Å². The molecule has 19 heavy (non-hydrogen) atoms. The van der Waals surface area contributed by atoms with Crippen LogP contribution in [0.2, 0.25) is 0 Å². The number of ether oxygens (including phenoxy) is 2. The first kappa shape index (κ1) is 14.4. The highest BCUT2D eigenvalue weighted by Gasteiger charge is 2.50. The number of aliphatic hydroxyl groups is 4. The molecule has 0 bridgehead atoms. The second-order valence-electron chi connectivity index (χ2n) is 4.56. The molecule has 1 aromatic carbocycles. The largest absolute Gasteiger partial charge is 0.391 e. The van der Waals surface area contributed by atoms with Crippen molar-refractivity contribution in [3.63, 3.8) is 0 Å². The fourth-order valence-corrected chi connectivity index (χ4v) is 1.97. The molecule has 0 saturated carbocycles. The molecule has 1 heterocycles. The standard InChI is InChI=1S/C13H18O6/c14-8-13(12(17)11(16)10(15)7-19-13)18-6-9-4-2-1-3-5-9/h1-5,10-12,14-17H,6-8H2/t10-,11-,12+,13-/m1/s1. The third kappa shape index (κ3) is 2.94. The van der Waals surface area contributed by atoms with E-state index in [0.29, 0.717) is 0 Å². The van der Waals surface area contributed by atoms with Gasteiger partial charge in [0.1, 0.15) is 24.9 Å². The predicted molar refractivity (Wildman–Crippen MR) is 65.0 cm³/mol. The van der Waals surface area contributed by atoms with Crippen LogP contribution < -0.4 is 0 Å². The fraction of sp³-hybridized carbons (Fsp3) is 0.538. The molecule has 6 nitrogen and oxygen atoms in total. The zero-order valence-corrected chi connectivity index (χ0v) is 10.3. The smallest absolute Gasteiger partial charge is 0.221 e. The van der Waals surface area contributed by atoms with Crippen LogP contribution in [0.25, 0.3) is 0 Å². The van der Waals surface area contributed by atoms with Crippen LogP contribution in [-0.4, -0.2) is 57.7 Å². The fourth-order valence-electron chi connectivity index (χ4n) is 1.97. The molecular weight excluding hydrogens is 252 g/mol. The molecule has 1 aliphatic heterocycles. The average molecular weight is 270 g/mol. The molecule has 0 unspecified atom stereocenters. The zero-order chi connectivity index (χ0) is 13.9. The molecule has 0 amide bonds. The molecule has 0 radical (unpaired) electrons. The maximum absolute atomic E-state index is 9.92. The van der Waals surface area contributed by atoms with Gasteiger partial charge >= 0.3 is 0 Å². The third-order valence-electron chi connectivity index (χ3n) is 3.21. The molecule has 0 aliphatic carbocycles. The van der Waals surface area contributed by atoms with Crippen LogP contribution in [0.15, 0.2) is 30.3 Å². The van der Waals surface area contributed by atoms with Gasteiger partial charge in [0.2, 0.25) is 5.79 Å². The minimum Gasteiger partial charge on any atom is -0.391 e. The van der Waals surface area contributed by atoms with E-state index in [-0.39, 0.29) is 13.2 Å². The molecule has 1 aliphatic rings. The Morgan fingerprint density at radius 3 is 2.53 bits per heavy atom. The topological polar surface area (TPSA) is 99.4 Å². The molecule has 6 heteroatoms. The molecule has 4 atom stereocenters. The Bertz CT molecular complexity index is 397. The van der Waals surface area contributed by atoms with Crippen molar-refractivity contribution in [2.45, 2.75) is 30.7 Å². The predicted octanol–water partition coefficient (Wildman–Crippen LogP) is -0.995. The van der Waals surface area contributed by atoms with Gasteiger partial charge < -0.3 is 29.9 Å². The lowest BCUT2D eigenvalue weighted by Crippen LogP contribution is -2.63. The van der Waals surface area contributed by atoms with Crippen LogP contribution in [0, 0.1) is 0 Å². The van der Waals surface area contributed by atoms with Crippen LogP contribution in [-0.2, 0) is 16.1 Å². The highest BCUT2D eigenvalue weighted by Crippen LogP contribution is 2.28. The Hall–Kier alpha value is -1.02. The van der Waals surface area contributed by atoms with Gasteiger partial charge in [0.15, 0.2) is 0 Å². The van der Waals surface area contributed by atoms with Gasteiger partial charge in [0, 0.05) is 0 Å². The lowest BCUT2D eigenvalue weighted by atomic mass is 9.97. The molecular formula is C13H18O6. The van der Waals surface area contributed by atoms with Crippen LogP contribution in [0.1, 0.15) is 5.56 Å². The van der Waals surface area contributed by atoms with E-state index >= 15 is 0 Å². The molecule has 2 rings (SSSR count). The van der Waals surface area contributed by atoms with Gasteiger partial charge in [0.05, 0.1) is 13.2 Å². The van der Waals surface area contributed by atoms with Gasteiger partial charge in [-0.2, -0.15) is 0 Å². The SMILES string of the molecule is OC[C@@]1(OCc2ccccc2)OC[C@@H](O)[C@@H](O)[C@@H]1O. The first-order chi connectivity index (χ1) is 9.09. The van der Waals surface area contributed by atoms with Crippen molar-refractivity contribution in [1.82, 2.24) is 0 Å². The van der Waals surface area contributed by atoms with Crippen molar-refractivity contribution in [3.8, 4) is 0 Å². The van der Waals surface area contributed by atoms with Gasteiger partial charge in [-0.05, 0) is 5.56 Å². The molecule has 4 N–H and O–H groups in total. The van der Waals surface area contributed by atoms with Crippen LogP contribution >= 0.6 is 0 Å². The number of hydrogen-bond acceptors (Lipinski definition) is 6. The molecule has 0 spiro atoms. The summed E-state index contributed by atoms with van der Waals surface area (Å²) in [6, 6.07) is 9.18. The van der Waals surface area contributed by atoms with E-state index in [9.17, 15) is 20.4 Å². The number of benzene rings is 1. The maximum atomic E-state index is 9.92. The summed E-state index contributed by atoms with van der Waals surface area (Å²) < 4.78 is 10.6. The van der Waals surface area contributed by atoms with Gasteiger partial charge in [-0.15, -0.1) is 0 Å². The Balaban J connectivity index is 2.06. The first-order valence-corrected chi connectivity index (χ1v) is 6.06. The average Bonchev–Trinajstić information content (AvgIpc) is 2.46. The monoisotopic (exact) mass is 270 g/mol. The zero-order valence-electron chi connectivity index (χ0n) is 10.3. The Morgan fingerprint density at radius 2 is 1.89 bits per heavy atom. The number of hydrogen-bond donors (Lipinski definition) is 4. The Labute approximate surface area is 110 Å². The summed E-state index contributed by atoms with van der Waals surface area (Å²) in [6.07, 6.45) is -4.14. The Morgan fingerprint density at radius 1 is 1.21 bits per heavy atom. The molecule has 0 aromatic heterocycles. The van der Waals surface area contributed by atoms with E-state index in [4.69, 9.17) is 9.47 Å². The van der Waals surface area contributed by atoms with Gasteiger partial charge in [0.25, 0.3) is 0 Å². The highest BCUT2D eigenvalue weighted by molar-refractivity contribution is 5.13. The summed E-state index contributed by atoms with van der Waals surface area (Å²) in [5.41, 5.74) is 0.840. The lowest BCUT2D eigenvalue weighted by molar-refractivity contribution is -0.352. The summed E-state index contributed by atoms with van der Waals surface area (Å²) in [7, 11) is 0. The minimum atomic E-state index is -1.71. The third-order valence-corrected chi connectivity index (χ3v) is 3.21. The van der Waals surface area contributed by atoms with E-state index < -0.39 is 30.7 Å². The van der Waals surface area contributed by atoms with Crippen molar-refractivity contribution < 1.29 is 29.9 Å². The quantitative estimate of drug-likeness (QED) is 0.560. The second kappa shape index (κ2) is 5.96. The van der Waals surface area contributed by atoms with Crippen molar-refractivity contribution in [2.24, 2.45) is 0 Å². The van der Waals surface area contributed by atoms with Crippen LogP contribution in [0.4, 0.5) is 0 Å². The van der Waals surface area contributed by atoms with Gasteiger partial charge in [-0.3, -0.25) is 0 Å². The summed E-state index contributed by atoms with van der Waals surface area (Å²) in [5, 5.41) is 38.3. The Kier molecular flexibility index (Phi) is 4.51. The van der Waals surface area contributed by atoms with Crippen LogP contribution in [0.3, 0.4) is 0 Å². The van der Waals surface area contributed by atoms with E-state index in [1.54, 1.807) is 0 Å². The minimum absolute atomic E-state index is 0.112. The normalized spacial score (nSPS) is 35.3. The van der Waals surface area contributed by atoms with Crippen molar-refractivity contribution in [3.05, 3.63) is 35.9 Å². The number of aliphatic hydroxyl groups excluding tert-OH is 4. The van der Waals surface area contributed by atoms with Crippen molar-refractivity contribution in [1.29, 1.82) is 0 Å². The summed E-state index contributed by atoms with van der Waals surface area (Å²) >= 11 is 0. The summed E-state index contributed by atoms with van der Waals surface area (Å²) in [5.74, 6) is -1.71. The first-order valence-electron chi connectivity index (χ1n) is 6.06. The highest BCUT2D eigenvalue weighted by atomic mass is 16.7. The number of rotatable bonds is 4. The molecule has 1 fully saturated rings. The van der Waals surface area contributed by atoms with E-state index in [1.807, 2.05) is 30.3 Å². The molecule has 1 saturated heterocycles. The van der Waals surface area contributed by atoms with E-state index in [2.05, 4.69) is 0 Å². The molecule has 106 valence electrons. The van der Waals surface area contributed by atoms with Crippen LogP contribution in [0.5, 0.6) is 0 Å².